The monoisotopic (exact) mass is 268 g/mol. The molecule has 0 radical (unpaired) electrons. The number of benzene rings is 1. The third-order valence-corrected chi connectivity index (χ3v) is 2.71. The Hall–Kier alpha value is -1.71. The quantitative estimate of drug-likeness (QED) is 0.371. The summed E-state index contributed by atoms with van der Waals surface area (Å²) >= 11 is 7.18. The molecule has 0 unspecified atom stereocenters. The standard InChI is InChI=1S/C10H9ClN4OS/c1-17-10(14-5-12)15-8-4-6(9(13)16)2-3-7(8)11/h2-4H,1H3,(H2,13,16)(H,14,15). The van der Waals surface area contributed by atoms with Crippen molar-refractivity contribution in [2.75, 3.05) is 6.26 Å². The van der Waals surface area contributed by atoms with Gasteiger partial charge in [-0.05, 0) is 24.5 Å². The number of nitrogens with one attached hydrogen (secondary N) is 1. The molecule has 17 heavy (non-hydrogen) atoms. The van der Waals surface area contributed by atoms with Crippen molar-refractivity contribution in [1.29, 1.82) is 5.26 Å². The van der Waals surface area contributed by atoms with Crippen molar-refractivity contribution in [3.05, 3.63) is 28.8 Å². The van der Waals surface area contributed by atoms with Crippen LogP contribution in [-0.2, 0) is 0 Å². The lowest BCUT2D eigenvalue weighted by atomic mass is 10.2. The molecule has 0 heterocycles. The fourth-order valence-electron chi connectivity index (χ4n) is 1.03. The second-order valence-electron chi connectivity index (χ2n) is 2.89. The summed E-state index contributed by atoms with van der Waals surface area (Å²) in [5, 5.41) is 11.7. The SMILES string of the molecule is CSC(=Nc1cc(C(N)=O)ccc1Cl)NC#N. The minimum absolute atomic E-state index is 0.311. The van der Waals surface area contributed by atoms with Gasteiger partial charge in [0, 0.05) is 5.56 Å². The molecule has 0 fully saturated rings. The molecule has 0 aliphatic carbocycles. The van der Waals surface area contributed by atoms with Gasteiger partial charge in [0.15, 0.2) is 11.4 Å². The zero-order valence-corrected chi connectivity index (χ0v) is 10.5. The van der Waals surface area contributed by atoms with Gasteiger partial charge in [0.1, 0.15) is 0 Å². The summed E-state index contributed by atoms with van der Waals surface area (Å²) in [6, 6.07) is 4.52. The molecule has 0 aromatic heterocycles. The Morgan fingerprint density at radius 2 is 2.35 bits per heavy atom. The summed E-state index contributed by atoms with van der Waals surface area (Å²) in [6.07, 6.45) is 3.52. The molecule has 1 amide bonds. The average molecular weight is 269 g/mol. The molecule has 3 N–H and O–H groups in total. The number of hydrogen-bond donors (Lipinski definition) is 2. The second-order valence-corrected chi connectivity index (χ2v) is 4.09. The summed E-state index contributed by atoms with van der Waals surface area (Å²) in [6.45, 7) is 0. The van der Waals surface area contributed by atoms with Crippen LogP contribution in [0.3, 0.4) is 0 Å². The molecular weight excluding hydrogens is 260 g/mol. The van der Waals surface area contributed by atoms with E-state index in [9.17, 15) is 4.79 Å². The number of nitrogens with two attached hydrogens (primary N) is 1. The van der Waals surface area contributed by atoms with E-state index in [1.807, 2.05) is 0 Å². The maximum Gasteiger partial charge on any atom is 0.248 e. The number of carbonyl (C=O) groups is 1. The van der Waals surface area contributed by atoms with Crippen molar-refractivity contribution in [3.63, 3.8) is 0 Å². The summed E-state index contributed by atoms with van der Waals surface area (Å²) in [4.78, 5) is 15.1. The Kier molecular flexibility index (Phi) is 4.82. The van der Waals surface area contributed by atoms with E-state index in [2.05, 4.69) is 10.3 Å². The molecule has 0 aliphatic heterocycles. The van der Waals surface area contributed by atoms with Gasteiger partial charge in [0.05, 0.1) is 10.7 Å². The lowest BCUT2D eigenvalue weighted by Gasteiger charge is -2.03. The number of rotatable bonds is 2. The van der Waals surface area contributed by atoms with Crippen molar-refractivity contribution >= 4 is 40.1 Å². The summed E-state index contributed by atoms with van der Waals surface area (Å²) in [5.74, 6) is -0.558. The lowest BCUT2D eigenvalue weighted by molar-refractivity contribution is 0.100. The molecule has 0 atom stereocenters. The van der Waals surface area contributed by atoms with E-state index in [4.69, 9.17) is 22.6 Å². The van der Waals surface area contributed by atoms with Crippen LogP contribution < -0.4 is 11.1 Å². The van der Waals surface area contributed by atoms with Crippen molar-refractivity contribution in [1.82, 2.24) is 5.32 Å². The first-order valence-electron chi connectivity index (χ1n) is 4.45. The highest BCUT2D eigenvalue weighted by Crippen LogP contribution is 2.26. The van der Waals surface area contributed by atoms with E-state index >= 15 is 0 Å². The normalized spacial score (nSPS) is 10.8. The van der Waals surface area contributed by atoms with Gasteiger partial charge in [0.2, 0.25) is 5.91 Å². The Morgan fingerprint density at radius 3 is 2.88 bits per heavy atom. The fraction of sp³-hybridized carbons (Fsp3) is 0.100. The van der Waals surface area contributed by atoms with Gasteiger partial charge in [-0.3, -0.25) is 10.1 Å². The van der Waals surface area contributed by atoms with Crippen LogP contribution in [0.15, 0.2) is 23.2 Å². The molecule has 0 saturated heterocycles. The first-order valence-corrected chi connectivity index (χ1v) is 6.06. The minimum Gasteiger partial charge on any atom is -0.366 e. The summed E-state index contributed by atoms with van der Waals surface area (Å²) in [5.41, 5.74) is 5.85. The van der Waals surface area contributed by atoms with Gasteiger partial charge >= 0.3 is 0 Å². The number of hydrogen-bond acceptors (Lipinski definition) is 4. The number of carbonyl (C=O) groups excluding carboxylic acids is 1. The highest BCUT2D eigenvalue weighted by molar-refractivity contribution is 8.13. The molecule has 0 aliphatic rings. The van der Waals surface area contributed by atoms with Gasteiger partial charge in [-0.25, -0.2) is 4.99 Å². The van der Waals surface area contributed by atoms with E-state index in [-0.39, 0.29) is 0 Å². The molecule has 0 saturated carbocycles. The number of nitriles is 1. The molecule has 1 rings (SSSR count). The Bertz CT molecular complexity index is 510. The summed E-state index contributed by atoms with van der Waals surface area (Å²) < 4.78 is 0. The molecule has 0 spiro atoms. The maximum atomic E-state index is 11.0. The van der Waals surface area contributed by atoms with Crippen molar-refractivity contribution in [3.8, 4) is 6.19 Å². The number of primary amides is 1. The van der Waals surface area contributed by atoms with Gasteiger partial charge < -0.3 is 5.73 Å². The number of nitrogens with zero attached hydrogens (tertiary/aromatic N) is 2. The topological polar surface area (TPSA) is 91.3 Å². The Labute approximate surface area is 108 Å². The number of aliphatic imine (C=N–C) groups is 1. The van der Waals surface area contributed by atoms with E-state index in [1.165, 1.54) is 30.0 Å². The van der Waals surface area contributed by atoms with Crippen LogP contribution in [0.25, 0.3) is 0 Å². The van der Waals surface area contributed by atoms with Crippen molar-refractivity contribution < 1.29 is 4.79 Å². The molecule has 0 bridgehead atoms. The largest absolute Gasteiger partial charge is 0.366 e. The number of amides is 1. The Morgan fingerprint density at radius 1 is 1.65 bits per heavy atom. The predicted octanol–water partition coefficient (Wildman–Crippen LogP) is 1.86. The number of thioether (sulfide) groups is 1. The summed E-state index contributed by atoms with van der Waals surface area (Å²) in [7, 11) is 0. The zero-order valence-electron chi connectivity index (χ0n) is 8.90. The smallest absolute Gasteiger partial charge is 0.248 e. The molecule has 88 valence electrons. The van der Waals surface area contributed by atoms with Crippen LogP contribution in [0.4, 0.5) is 5.69 Å². The van der Waals surface area contributed by atoms with E-state index in [0.717, 1.165) is 0 Å². The maximum absolute atomic E-state index is 11.0. The number of halogens is 1. The molecule has 1 aromatic carbocycles. The average Bonchev–Trinajstić information content (AvgIpc) is 2.30. The van der Waals surface area contributed by atoms with Crippen LogP contribution in [0, 0.1) is 11.5 Å². The van der Waals surface area contributed by atoms with Gasteiger partial charge in [0.25, 0.3) is 0 Å². The third kappa shape index (κ3) is 3.66. The van der Waals surface area contributed by atoms with E-state index < -0.39 is 5.91 Å². The minimum atomic E-state index is -0.558. The molecular formula is C10H9ClN4OS. The first kappa shape index (κ1) is 13.4. The van der Waals surface area contributed by atoms with Crippen molar-refractivity contribution in [2.45, 2.75) is 0 Å². The van der Waals surface area contributed by atoms with E-state index in [1.54, 1.807) is 12.4 Å². The first-order chi connectivity index (χ1) is 8.08. The van der Waals surface area contributed by atoms with Crippen LogP contribution in [-0.4, -0.2) is 17.3 Å². The molecule has 1 aromatic rings. The van der Waals surface area contributed by atoms with E-state index in [0.29, 0.717) is 21.4 Å². The Balaban J connectivity index is 3.17. The highest BCUT2D eigenvalue weighted by atomic mass is 35.5. The lowest BCUT2D eigenvalue weighted by Crippen LogP contribution is -2.13. The predicted molar refractivity (Wildman–Crippen MR) is 69.3 cm³/mol. The second kappa shape index (κ2) is 6.13. The van der Waals surface area contributed by atoms with Gasteiger partial charge in [-0.2, -0.15) is 5.26 Å². The molecule has 5 nitrogen and oxygen atoms in total. The van der Waals surface area contributed by atoms with Crippen LogP contribution in [0.1, 0.15) is 10.4 Å². The molecule has 7 heteroatoms. The van der Waals surface area contributed by atoms with Crippen LogP contribution >= 0.6 is 23.4 Å². The zero-order chi connectivity index (χ0) is 12.8. The number of amidine groups is 1. The van der Waals surface area contributed by atoms with Crippen molar-refractivity contribution in [2.24, 2.45) is 10.7 Å². The highest BCUT2D eigenvalue weighted by Gasteiger charge is 2.06. The van der Waals surface area contributed by atoms with Gasteiger partial charge in [-0.1, -0.05) is 23.4 Å². The van der Waals surface area contributed by atoms with Crippen LogP contribution in [0.5, 0.6) is 0 Å². The van der Waals surface area contributed by atoms with Gasteiger partial charge in [-0.15, -0.1) is 0 Å². The van der Waals surface area contributed by atoms with Crippen LogP contribution in [0.2, 0.25) is 5.02 Å². The third-order valence-electron chi connectivity index (χ3n) is 1.81. The fourth-order valence-corrected chi connectivity index (χ4v) is 1.53.